The van der Waals surface area contributed by atoms with Crippen molar-refractivity contribution < 1.29 is 5.11 Å². The maximum Gasteiger partial charge on any atom is 0.0918 e. The van der Waals surface area contributed by atoms with Gasteiger partial charge in [0.2, 0.25) is 0 Å². The summed E-state index contributed by atoms with van der Waals surface area (Å²) in [7, 11) is 0. The lowest BCUT2D eigenvalue weighted by atomic mass is 9.99. The first kappa shape index (κ1) is 8.23. The Morgan fingerprint density at radius 3 is 3.17 bits per heavy atom. The van der Waals surface area contributed by atoms with Gasteiger partial charge in [0.25, 0.3) is 0 Å². The largest absolute Gasteiger partial charge is 0.387 e. The Morgan fingerprint density at radius 2 is 2.33 bits per heavy atom. The molecule has 0 bridgehead atoms. The van der Waals surface area contributed by atoms with Crippen LogP contribution in [0.4, 0.5) is 0 Å². The highest BCUT2D eigenvalue weighted by molar-refractivity contribution is 9.10. The Morgan fingerprint density at radius 1 is 1.50 bits per heavy atom. The number of aliphatic hydroxyl groups excluding tert-OH is 1. The summed E-state index contributed by atoms with van der Waals surface area (Å²) >= 11 is 3.39. The van der Waals surface area contributed by atoms with E-state index in [2.05, 4.69) is 21.2 Å². The quantitative estimate of drug-likeness (QED) is 0.706. The zero-order chi connectivity index (χ0) is 8.55. The highest BCUT2D eigenvalue weighted by atomic mass is 79.9. The molecule has 0 radical (unpaired) electrons. The van der Waals surface area contributed by atoms with Gasteiger partial charge in [-0.3, -0.25) is 0 Å². The second-order valence-corrected chi connectivity index (χ2v) is 3.91. The van der Waals surface area contributed by atoms with Crippen molar-refractivity contribution in [2.45, 2.75) is 12.6 Å². The third-order valence-corrected chi connectivity index (χ3v) is 2.61. The number of fused-ring (bicyclic) bond motifs is 1. The SMILES string of the molecule is OC1CNCc2ccc(Br)cc21. The highest BCUT2D eigenvalue weighted by Crippen LogP contribution is 2.24. The smallest absolute Gasteiger partial charge is 0.0918 e. The molecular formula is C9H10BrNO. The summed E-state index contributed by atoms with van der Waals surface area (Å²) in [6, 6.07) is 6.02. The van der Waals surface area contributed by atoms with E-state index in [0.29, 0.717) is 6.54 Å². The molecule has 1 heterocycles. The molecule has 1 aliphatic rings. The Labute approximate surface area is 79.7 Å². The maximum absolute atomic E-state index is 9.60. The third kappa shape index (κ3) is 1.40. The topological polar surface area (TPSA) is 32.3 Å². The number of halogens is 1. The van der Waals surface area contributed by atoms with E-state index in [-0.39, 0.29) is 6.10 Å². The van der Waals surface area contributed by atoms with Crippen LogP contribution < -0.4 is 5.32 Å². The molecule has 1 aromatic carbocycles. The first-order valence-corrected chi connectivity index (χ1v) is 4.74. The van der Waals surface area contributed by atoms with Crippen LogP contribution in [0.25, 0.3) is 0 Å². The third-order valence-electron chi connectivity index (χ3n) is 2.12. The molecule has 2 N–H and O–H groups in total. The zero-order valence-electron chi connectivity index (χ0n) is 6.55. The minimum atomic E-state index is -0.355. The maximum atomic E-state index is 9.60. The summed E-state index contributed by atoms with van der Waals surface area (Å²) < 4.78 is 1.03. The van der Waals surface area contributed by atoms with E-state index < -0.39 is 0 Å². The van der Waals surface area contributed by atoms with Crippen LogP contribution in [-0.4, -0.2) is 11.7 Å². The Hall–Kier alpha value is -0.380. The number of aliphatic hydroxyl groups is 1. The van der Waals surface area contributed by atoms with Gasteiger partial charge in [-0.25, -0.2) is 0 Å². The van der Waals surface area contributed by atoms with Crippen molar-refractivity contribution in [3.05, 3.63) is 33.8 Å². The average Bonchev–Trinajstić information content (AvgIpc) is 2.07. The van der Waals surface area contributed by atoms with Crippen molar-refractivity contribution in [3.8, 4) is 0 Å². The predicted molar refractivity (Wildman–Crippen MR) is 50.8 cm³/mol. The van der Waals surface area contributed by atoms with E-state index in [9.17, 15) is 5.11 Å². The monoisotopic (exact) mass is 227 g/mol. The van der Waals surface area contributed by atoms with Crippen LogP contribution in [0.5, 0.6) is 0 Å². The van der Waals surface area contributed by atoms with Crippen molar-refractivity contribution in [1.82, 2.24) is 5.32 Å². The van der Waals surface area contributed by atoms with Gasteiger partial charge in [-0.15, -0.1) is 0 Å². The first-order chi connectivity index (χ1) is 5.77. The molecule has 0 aromatic heterocycles. The van der Waals surface area contributed by atoms with E-state index in [1.165, 1.54) is 5.56 Å². The van der Waals surface area contributed by atoms with Gasteiger partial charge in [0, 0.05) is 17.6 Å². The summed E-state index contributed by atoms with van der Waals surface area (Å²) in [6.07, 6.45) is -0.355. The summed E-state index contributed by atoms with van der Waals surface area (Å²) in [4.78, 5) is 0. The van der Waals surface area contributed by atoms with Gasteiger partial charge in [-0.05, 0) is 23.3 Å². The van der Waals surface area contributed by atoms with Crippen molar-refractivity contribution in [3.63, 3.8) is 0 Å². The predicted octanol–water partition coefficient (Wildman–Crippen LogP) is 1.59. The van der Waals surface area contributed by atoms with Crippen LogP contribution in [-0.2, 0) is 6.54 Å². The summed E-state index contributed by atoms with van der Waals surface area (Å²) in [5.74, 6) is 0. The lowest BCUT2D eigenvalue weighted by molar-refractivity contribution is 0.165. The second-order valence-electron chi connectivity index (χ2n) is 2.99. The van der Waals surface area contributed by atoms with Gasteiger partial charge < -0.3 is 10.4 Å². The normalized spacial score (nSPS) is 22.0. The number of β-amino-alcohol motifs (C(OH)–C–C–N with tert-alkyl or cyclic N) is 1. The molecule has 0 aliphatic carbocycles. The molecule has 3 heteroatoms. The van der Waals surface area contributed by atoms with Crippen LogP contribution in [0.15, 0.2) is 22.7 Å². The first-order valence-electron chi connectivity index (χ1n) is 3.94. The average molecular weight is 228 g/mol. The molecule has 1 aromatic rings. The molecule has 0 spiro atoms. The van der Waals surface area contributed by atoms with Crippen LogP contribution in [0.1, 0.15) is 17.2 Å². The number of benzene rings is 1. The fraction of sp³-hybridized carbons (Fsp3) is 0.333. The van der Waals surface area contributed by atoms with Crippen molar-refractivity contribution >= 4 is 15.9 Å². The van der Waals surface area contributed by atoms with E-state index in [4.69, 9.17) is 0 Å². The molecule has 0 amide bonds. The minimum absolute atomic E-state index is 0.355. The molecule has 64 valence electrons. The fourth-order valence-electron chi connectivity index (χ4n) is 1.49. The van der Waals surface area contributed by atoms with Gasteiger partial charge >= 0.3 is 0 Å². The van der Waals surface area contributed by atoms with Crippen LogP contribution in [0.3, 0.4) is 0 Å². The van der Waals surface area contributed by atoms with Gasteiger partial charge in [-0.1, -0.05) is 22.0 Å². The number of nitrogens with one attached hydrogen (secondary N) is 1. The van der Waals surface area contributed by atoms with Gasteiger partial charge in [-0.2, -0.15) is 0 Å². The fourth-order valence-corrected chi connectivity index (χ4v) is 1.87. The van der Waals surface area contributed by atoms with Crippen LogP contribution in [0, 0.1) is 0 Å². The van der Waals surface area contributed by atoms with E-state index >= 15 is 0 Å². The summed E-state index contributed by atoms with van der Waals surface area (Å²) in [5.41, 5.74) is 2.24. The zero-order valence-corrected chi connectivity index (χ0v) is 8.13. The molecule has 12 heavy (non-hydrogen) atoms. The molecule has 0 saturated heterocycles. The molecule has 0 fully saturated rings. The minimum Gasteiger partial charge on any atom is -0.387 e. The summed E-state index contributed by atoms with van der Waals surface area (Å²) in [6.45, 7) is 1.52. The van der Waals surface area contributed by atoms with E-state index in [1.54, 1.807) is 0 Å². The van der Waals surface area contributed by atoms with Crippen molar-refractivity contribution in [2.75, 3.05) is 6.54 Å². The van der Waals surface area contributed by atoms with Gasteiger partial charge in [0.15, 0.2) is 0 Å². The molecule has 0 saturated carbocycles. The van der Waals surface area contributed by atoms with Gasteiger partial charge in [0.05, 0.1) is 6.10 Å². The lowest BCUT2D eigenvalue weighted by Crippen LogP contribution is -2.27. The van der Waals surface area contributed by atoms with Gasteiger partial charge in [0.1, 0.15) is 0 Å². The summed E-state index contributed by atoms with van der Waals surface area (Å²) in [5, 5.41) is 12.7. The standard InChI is InChI=1S/C9H10BrNO/c10-7-2-1-6-4-11-5-9(12)8(6)3-7/h1-3,9,11-12H,4-5H2. The van der Waals surface area contributed by atoms with E-state index in [1.807, 2.05) is 18.2 Å². The highest BCUT2D eigenvalue weighted by Gasteiger charge is 2.16. The molecular weight excluding hydrogens is 218 g/mol. The molecule has 1 atom stereocenters. The number of hydrogen-bond acceptors (Lipinski definition) is 2. The second kappa shape index (κ2) is 3.17. The molecule has 1 unspecified atom stereocenters. The Balaban J connectivity index is 2.47. The van der Waals surface area contributed by atoms with Crippen LogP contribution in [0.2, 0.25) is 0 Å². The van der Waals surface area contributed by atoms with E-state index in [0.717, 1.165) is 16.6 Å². The van der Waals surface area contributed by atoms with Crippen LogP contribution >= 0.6 is 15.9 Å². The van der Waals surface area contributed by atoms with Crippen molar-refractivity contribution in [2.24, 2.45) is 0 Å². The Kier molecular flexibility index (Phi) is 2.17. The molecule has 2 nitrogen and oxygen atoms in total. The molecule has 1 aliphatic heterocycles. The van der Waals surface area contributed by atoms with Crippen molar-refractivity contribution in [1.29, 1.82) is 0 Å². The number of hydrogen-bond donors (Lipinski definition) is 2. The number of rotatable bonds is 0. The molecule has 2 rings (SSSR count). The lowest BCUT2D eigenvalue weighted by Gasteiger charge is -2.22. The Bertz CT molecular complexity index is 301.